The minimum absolute atomic E-state index is 0.212. The van der Waals surface area contributed by atoms with Gasteiger partial charge in [-0.25, -0.2) is 0 Å². The molecule has 0 bridgehead atoms. The SMILES string of the molecule is CCOC(=O)C(C(=O)c1ccccc1)C1CCCCO1. The molecule has 0 amide bonds. The van der Waals surface area contributed by atoms with Crippen LogP contribution < -0.4 is 0 Å². The Labute approximate surface area is 119 Å². The maximum absolute atomic E-state index is 12.6. The number of rotatable bonds is 5. The quantitative estimate of drug-likeness (QED) is 0.471. The van der Waals surface area contributed by atoms with Crippen LogP contribution in [0.4, 0.5) is 0 Å². The Bertz CT molecular complexity index is 449. The van der Waals surface area contributed by atoms with E-state index in [1.54, 1.807) is 31.2 Å². The molecule has 2 atom stereocenters. The molecule has 0 spiro atoms. The van der Waals surface area contributed by atoms with Gasteiger partial charge in [-0.2, -0.15) is 0 Å². The summed E-state index contributed by atoms with van der Waals surface area (Å²) < 4.78 is 10.7. The molecule has 0 radical (unpaired) electrons. The molecule has 4 heteroatoms. The molecule has 1 fully saturated rings. The maximum Gasteiger partial charge on any atom is 0.319 e. The predicted molar refractivity (Wildman–Crippen MR) is 74.5 cm³/mol. The van der Waals surface area contributed by atoms with Crippen molar-refractivity contribution in [2.24, 2.45) is 5.92 Å². The lowest BCUT2D eigenvalue weighted by atomic mass is 9.88. The number of carbonyl (C=O) groups is 2. The van der Waals surface area contributed by atoms with Crippen molar-refractivity contribution in [2.75, 3.05) is 13.2 Å². The molecule has 0 aliphatic carbocycles. The van der Waals surface area contributed by atoms with Gasteiger partial charge in [0.15, 0.2) is 5.78 Å². The second-order valence-corrected chi connectivity index (χ2v) is 4.87. The van der Waals surface area contributed by atoms with Crippen molar-refractivity contribution in [3.63, 3.8) is 0 Å². The molecule has 20 heavy (non-hydrogen) atoms. The summed E-state index contributed by atoms with van der Waals surface area (Å²) in [5.74, 6) is -1.54. The van der Waals surface area contributed by atoms with Gasteiger partial charge >= 0.3 is 5.97 Å². The second-order valence-electron chi connectivity index (χ2n) is 4.87. The normalized spacial score (nSPS) is 20.1. The Morgan fingerprint density at radius 1 is 1.30 bits per heavy atom. The molecule has 2 unspecified atom stereocenters. The number of hydrogen-bond acceptors (Lipinski definition) is 4. The van der Waals surface area contributed by atoms with Gasteiger partial charge < -0.3 is 9.47 Å². The highest BCUT2D eigenvalue weighted by molar-refractivity contribution is 6.09. The van der Waals surface area contributed by atoms with Gasteiger partial charge in [0, 0.05) is 12.2 Å². The summed E-state index contributed by atoms with van der Waals surface area (Å²) in [5.41, 5.74) is 0.528. The van der Waals surface area contributed by atoms with Crippen LogP contribution in [0.1, 0.15) is 36.5 Å². The van der Waals surface area contributed by atoms with Gasteiger partial charge in [-0.3, -0.25) is 9.59 Å². The molecule has 0 aromatic heterocycles. The highest BCUT2D eigenvalue weighted by Gasteiger charge is 2.38. The summed E-state index contributed by atoms with van der Waals surface area (Å²) in [7, 11) is 0. The molecule has 0 N–H and O–H groups in total. The van der Waals surface area contributed by atoms with Crippen LogP contribution in [0.2, 0.25) is 0 Å². The number of ether oxygens (including phenoxy) is 2. The van der Waals surface area contributed by atoms with Gasteiger partial charge in [0.05, 0.1) is 12.7 Å². The average Bonchev–Trinajstić information content (AvgIpc) is 2.50. The van der Waals surface area contributed by atoms with E-state index in [9.17, 15) is 9.59 Å². The molecule has 1 heterocycles. The fourth-order valence-electron chi connectivity index (χ4n) is 2.47. The van der Waals surface area contributed by atoms with E-state index in [1.807, 2.05) is 6.07 Å². The number of esters is 1. The number of Topliss-reactive ketones (excluding diaryl/α,β-unsaturated/α-hetero) is 1. The van der Waals surface area contributed by atoms with Gasteiger partial charge in [0.2, 0.25) is 0 Å². The minimum atomic E-state index is -0.849. The van der Waals surface area contributed by atoms with E-state index in [-0.39, 0.29) is 18.5 Å². The molecular weight excluding hydrogens is 256 g/mol. The van der Waals surface area contributed by atoms with Crippen LogP contribution in [0.3, 0.4) is 0 Å². The van der Waals surface area contributed by atoms with E-state index in [0.29, 0.717) is 12.2 Å². The van der Waals surface area contributed by atoms with E-state index in [0.717, 1.165) is 19.3 Å². The number of ketones is 1. The fourth-order valence-corrected chi connectivity index (χ4v) is 2.47. The smallest absolute Gasteiger partial charge is 0.319 e. The molecular formula is C16H20O4. The Kier molecular flexibility index (Phi) is 5.30. The van der Waals surface area contributed by atoms with Crippen molar-refractivity contribution >= 4 is 11.8 Å². The first-order valence-corrected chi connectivity index (χ1v) is 7.11. The average molecular weight is 276 g/mol. The third-order valence-corrected chi connectivity index (χ3v) is 3.47. The van der Waals surface area contributed by atoms with Crippen molar-refractivity contribution in [2.45, 2.75) is 32.3 Å². The zero-order chi connectivity index (χ0) is 14.4. The second kappa shape index (κ2) is 7.20. The summed E-state index contributed by atoms with van der Waals surface area (Å²) in [6.45, 7) is 2.61. The largest absolute Gasteiger partial charge is 0.465 e. The topological polar surface area (TPSA) is 52.6 Å². The molecule has 1 aromatic rings. The third-order valence-electron chi connectivity index (χ3n) is 3.47. The van der Waals surface area contributed by atoms with E-state index in [2.05, 4.69) is 0 Å². The van der Waals surface area contributed by atoms with Crippen LogP contribution in [0.25, 0.3) is 0 Å². The maximum atomic E-state index is 12.6. The van der Waals surface area contributed by atoms with Crippen LogP contribution in [-0.4, -0.2) is 31.1 Å². The van der Waals surface area contributed by atoms with E-state index >= 15 is 0 Å². The summed E-state index contributed by atoms with van der Waals surface area (Å²) in [6, 6.07) is 8.86. The van der Waals surface area contributed by atoms with Crippen LogP contribution in [0, 0.1) is 5.92 Å². The predicted octanol–water partition coefficient (Wildman–Crippen LogP) is 2.62. The Morgan fingerprint density at radius 2 is 2.05 bits per heavy atom. The van der Waals surface area contributed by atoms with Crippen molar-refractivity contribution in [3.05, 3.63) is 35.9 Å². The Hall–Kier alpha value is -1.68. The molecule has 108 valence electrons. The van der Waals surface area contributed by atoms with Crippen LogP contribution in [-0.2, 0) is 14.3 Å². The van der Waals surface area contributed by atoms with Gasteiger partial charge in [-0.05, 0) is 26.2 Å². The number of hydrogen-bond donors (Lipinski definition) is 0. The number of carbonyl (C=O) groups excluding carboxylic acids is 2. The minimum Gasteiger partial charge on any atom is -0.465 e. The summed E-state index contributed by atoms with van der Waals surface area (Å²) >= 11 is 0. The highest BCUT2D eigenvalue weighted by atomic mass is 16.5. The zero-order valence-electron chi connectivity index (χ0n) is 11.7. The van der Waals surface area contributed by atoms with Gasteiger partial charge in [0.25, 0.3) is 0 Å². The number of benzene rings is 1. The van der Waals surface area contributed by atoms with E-state index < -0.39 is 11.9 Å². The summed E-state index contributed by atoms with van der Waals surface area (Å²) in [4.78, 5) is 24.7. The Balaban J connectivity index is 2.21. The van der Waals surface area contributed by atoms with Crippen molar-refractivity contribution in [1.29, 1.82) is 0 Å². The molecule has 1 aromatic carbocycles. The van der Waals surface area contributed by atoms with Crippen LogP contribution >= 0.6 is 0 Å². The van der Waals surface area contributed by atoms with E-state index in [1.165, 1.54) is 0 Å². The monoisotopic (exact) mass is 276 g/mol. The van der Waals surface area contributed by atoms with Crippen LogP contribution in [0.5, 0.6) is 0 Å². The van der Waals surface area contributed by atoms with Crippen molar-refractivity contribution in [1.82, 2.24) is 0 Å². The molecule has 0 saturated carbocycles. The Morgan fingerprint density at radius 3 is 2.65 bits per heavy atom. The van der Waals surface area contributed by atoms with Crippen LogP contribution in [0.15, 0.2) is 30.3 Å². The van der Waals surface area contributed by atoms with Crippen molar-refractivity contribution in [3.8, 4) is 0 Å². The van der Waals surface area contributed by atoms with Gasteiger partial charge in [-0.1, -0.05) is 30.3 Å². The molecule has 1 aliphatic heterocycles. The zero-order valence-corrected chi connectivity index (χ0v) is 11.7. The standard InChI is InChI=1S/C16H20O4/c1-2-19-16(18)14(13-10-6-7-11-20-13)15(17)12-8-4-3-5-9-12/h3-5,8-9,13-14H,2,6-7,10-11H2,1H3. The lowest BCUT2D eigenvalue weighted by molar-refractivity contribution is -0.152. The highest BCUT2D eigenvalue weighted by Crippen LogP contribution is 2.24. The lowest BCUT2D eigenvalue weighted by Crippen LogP contribution is -2.40. The summed E-state index contributed by atoms with van der Waals surface area (Å²) in [6.07, 6.45) is 2.31. The third kappa shape index (κ3) is 3.45. The molecule has 4 nitrogen and oxygen atoms in total. The first-order chi connectivity index (χ1) is 9.74. The lowest BCUT2D eigenvalue weighted by Gasteiger charge is -2.28. The van der Waals surface area contributed by atoms with Gasteiger partial charge in [-0.15, -0.1) is 0 Å². The fraction of sp³-hybridized carbons (Fsp3) is 0.500. The van der Waals surface area contributed by atoms with Crippen molar-refractivity contribution < 1.29 is 19.1 Å². The van der Waals surface area contributed by atoms with E-state index in [4.69, 9.17) is 9.47 Å². The molecule has 2 rings (SSSR count). The molecule has 1 aliphatic rings. The first-order valence-electron chi connectivity index (χ1n) is 7.11. The van der Waals surface area contributed by atoms with Gasteiger partial charge in [0.1, 0.15) is 5.92 Å². The molecule has 1 saturated heterocycles. The first kappa shape index (κ1) is 14.7. The summed E-state index contributed by atoms with van der Waals surface area (Å²) in [5, 5.41) is 0.